The number of nitrogens with zero attached hydrogens (tertiary/aromatic N) is 4. The highest BCUT2D eigenvalue weighted by Gasteiger charge is 2.36. The number of nitrogens with one attached hydrogen (secondary N) is 3. The third-order valence-corrected chi connectivity index (χ3v) is 5.03. The molecular weight excluding hydrogens is 358 g/mol. The molecule has 1 saturated heterocycles. The lowest BCUT2D eigenvalue weighted by Crippen LogP contribution is -2.48. The number of amides is 1. The number of hydrogen-bond acceptors (Lipinski definition) is 6. The Morgan fingerprint density at radius 2 is 2.21 bits per heavy atom. The van der Waals surface area contributed by atoms with E-state index in [9.17, 15) is 4.79 Å². The van der Waals surface area contributed by atoms with Gasteiger partial charge in [0.1, 0.15) is 12.2 Å². The number of dihydropyridines is 1. The topological polar surface area (TPSA) is 100 Å². The van der Waals surface area contributed by atoms with Crippen LogP contribution in [-0.4, -0.2) is 56.6 Å². The molecule has 0 aromatic carbocycles. The van der Waals surface area contributed by atoms with E-state index < -0.39 is 0 Å². The highest BCUT2D eigenvalue weighted by molar-refractivity contribution is 5.87. The molecule has 2 aliphatic rings. The Morgan fingerprint density at radius 1 is 1.36 bits per heavy atom. The largest absolute Gasteiger partial charge is 0.482 e. The lowest BCUT2D eigenvalue weighted by atomic mass is 10.1. The fourth-order valence-corrected chi connectivity index (χ4v) is 3.51. The van der Waals surface area contributed by atoms with Crippen LogP contribution in [-0.2, 0) is 9.53 Å². The summed E-state index contributed by atoms with van der Waals surface area (Å²) in [5.74, 6) is 0.679. The van der Waals surface area contributed by atoms with E-state index in [1.807, 2.05) is 27.9 Å². The predicted octanol–water partition coefficient (Wildman–Crippen LogP) is 1.70. The van der Waals surface area contributed by atoms with Gasteiger partial charge in [-0.25, -0.2) is 0 Å². The Hall–Kier alpha value is -3.23. The molecule has 9 heteroatoms. The Labute approximate surface area is 163 Å². The van der Waals surface area contributed by atoms with E-state index in [1.54, 1.807) is 25.7 Å². The first kappa shape index (κ1) is 18.1. The van der Waals surface area contributed by atoms with Crippen LogP contribution in [0.5, 0.6) is 0 Å². The molecule has 0 bridgehead atoms. The Kier molecular flexibility index (Phi) is 4.81. The molecule has 2 aliphatic heterocycles. The van der Waals surface area contributed by atoms with Crippen LogP contribution >= 0.6 is 0 Å². The molecule has 0 aliphatic carbocycles. The number of carbonyl (C=O) groups excluding carboxylic acids is 1. The zero-order chi connectivity index (χ0) is 19.7. The van der Waals surface area contributed by atoms with Crippen LogP contribution in [0.2, 0.25) is 0 Å². The van der Waals surface area contributed by atoms with E-state index in [2.05, 4.69) is 39.8 Å². The fourth-order valence-electron chi connectivity index (χ4n) is 3.51. The molecule has 2 aromatic rings. The molecule has 1 fully saturated rings. The molecule has 28 heavy (non-hydrogen) atoms. The number of ether oxygens (including phenoxy) is 1. The first-order chi connectivity index (χ1) is 13.6. The summed E-state index contributed by atoms with van der Waals surface area (Å²) >= 11 is 0. The molecule has 3 N–H and O–H groups in total. The maximum atomic E-state index is 12.9. The van der Waals surface area contributed by atoms with Crippen LogP contribution in [0.4, 0.5) is 5.69 Å². The summed E-state index contributed by atoms with van der Waals surface area (Å²) in [5.41, 5.74) is 2.68. The summed E-state index contributed by atoms with van der Waals surface area (Å²) in [6.45, 7) is 4.80. The number of methoxy groups -OCH3 is 1. The zero-order valence-corrected chi connectivity index (χ0v) is 16.2. The van der Waals surface area contributed by atoms with Crippen LogP contribution in [0.3, 0.4) is 0 Å². The van der Waals surface area contributed by atoms with E-state index in [1.165, 1.54) is 0 Å². The van der Waals surface area contributed by atoms with Crippen LogP contribution in [0.15, 0.2) is 42.8 Å². The molecule has 0 spiro atoms. The van der Waals surface area contributed by atoms with Gasteiger partial charge in [-0.3, -0.25) is 14.6 Å². The lowest BCUT2D eigenvalue weighted by molar-refractivity contribution is -0.130. The average molecular weight is 383 g/mol. The quantitative estimate of drug-likeness (QED) is 0.702. The molecule has 2 atom stereocenters. The number of hydrogen-bond donors (Lipinski definition) is 3. The second-order valence-corrected chi connectivity index (χ2v) is 7.20. The van der Waals surface area contributed by atoms with Gasteiger partial charge < -0.3 is 20.3 Å². The molecule has 0 radical (unpaired) electrons. The number of H-pyrrole nitrogens is 1. The molecular formula is C19H25N7O2. The Morgan fingerprint density at radius 3 is 2.89 bits per heavy atom. The second-order valence-electron chi connectivity index (χ2n) is 7.20. The highest BCUT2D eigenvalue weighted by Crippen LogP contribution is 2.26. The SMILES string of the molecule is COC1=C(c2cn[nH]c2)C=CC(N2CCC(Nc3cnn(C(C)C)c3)C2=O)N1. The Balaban J connectivity index is 1.43. The maximum absolute atomic E-state index is 12.9. The van der Waals surface area contributed by atoms with Crippen LogP contribution in [0, 0.1) is 0 Å². The van der Waals surface area contributed by atoms with Gasteiger partial charge in [0.05, 0.1) is 25.2 Å². The number of anilines is 1. The van der Waals surface area contributed by atoms with Crippen LogP contribution in [0.25, 0.3) is 5.57 Å². The van der Waals surface area contributed by atoms with Gasteiger partial charge in [0, 0.05) is 36.1 Å². The number of carbonyl (C=O) groups is 1. The van der Waals surface area contributed by atoms with Gasteiger partial charge in [0.2, 0.25) is 5.91 Å². The number of likely N-dealkylation sites (tertiary alicyclic amines) is 1. The number of allylic oxidation sites excluding steroid dienone is 2. The van der Waals surface area contributed by atoms with Gasteiger partial charge in [-0.15, -0.1) is 0 Å². The second kappa shape index (κ2) is 7.41. The van der Waals surface area contributed by atoms with Crippen molar-refractivity contribution < 1.29 is 9.53 Å². The molecule has 9 nitrogen and oxygen atoms in total. The molecule has 4 rings (SSSR count). The van der Waals surface area contributed by atoms with E-state index in [0.29, 0.717) is 12.4 Å². The summed E-state index contributed by atoms with van der Waals surface area (Å²) in [6.07, 6.45) is 11.7. The summed E-state index contributed by atoms with van der Waals surface area (Å²) in [6, 6.07) is 0.0248. The monoisotopic (exact) mass is 383 g/mol. The van der Waals surface area contributed by atoms with Gasteiger partial charge in [0.15, 0.2) is 5.88 Å². The van der Waals surface area contributed by atoms with Gasteiger partial charge in [-0.1, -0.05) is 0 Å². The normalized spacial score (nSPS) is 22.1. The standard InChI is InChI=1S/C19H25N7O2/c1-12(2)26-11-14(10-22-26)23-16-6-7-25(19(16)27)17-5-4-15(18(24-17)28-3)13-8-20-21-9-13/h4-5,8-12,16-17,23-24H,6-7H2,1-3H3,(H,20,21). The number of aromatic nitrogens is 4. The summed E-state index contributed by atoms with van der Waals surface area (Å²) in [7, 11) is 1.61. The minimum absolute atomic E-state index is 0.0571. The molecule has 2 unspecified atom stereocenters. The zero-order valence-electron chi connectivity index (χ0n) is 16.2. The average Bonchev–Trinajstić information content (AvgIpc) is 3.44. The van der Waals surface area contributed by atoms with Crippen molar-refractivity contribution in [3.63, 3.8) is 0 Å². The first-order valence-corrected chi connectivity index (χ1v) is 9.40. The molecule has 2 aromatic heterocycles. The summed E-state index contributed by atoms with van der Waals surface area (Å²) in [4.78, 5) is 14.8. The van der Waals surface area contributed by atoms with Crippen molar-refractivity contribution in [2.24, 2.45) is 0 Å². The maximum Gasteiger partial charge on any atom is 0.247 e. The lowest BCUT2D eigenvalue weighted by Gasteiger charge is -2.31. The minimum atomic E-state index is -0.259. The molecule has 1 amide bonds. The number of rotatable bonds is 6. The van der Waals surface area contributed by atoms with Gasteiger partial charge in [-0.05, 0) is 32.4 Å². The van der Waals surface area contributed by atoms with Crippen molar-refractivity contribution in [2.75, 3.05) is 19.0 Å². The first-order valence-electron chi connectivity index (χ1n) is 9.40. The third kappa shape index (κ3) is 3.35. The molecule has 4 heterocycles. The molecule has 148 valence electrons. The van der Waals surface area contributed by atoms with Crippen LogP contribution in [0.1, 0.15) is 31.9 Å². The van der Waals surface area contributed by atoms with Gasteiger partial charge >= 0.3 is 0 Å². The molecule has 0 saturated carbocycles. The van der Waals surface area contributed by atoms with E-state index in [-0.39, 0.29) is 24.2 Å². The third-order valence-electron chi connectivity index (χ3n) is 5.03. The minimum Gasteiger partial charge on any atom is -0.482 e. The van der Waals surface area contributed by atoms with Crippen molar-refractivity contribution in [3.05, 3.63) is 48.4 Å². The van der Waals surface area contributed by atoms with Gasteiger partial charge in [-0.2, -0.15) is 10.2 Å². The highest BCUT2D eigenvalue weighted by atomic mass is 16.5. The van der Waals surface area contributed by atoms with E-state index in [4.69, 9.17) is 4.74 Å². The van der Waals surface area contributed by atoms with Crippen molar-refractivity contribution in [3.8, 4) is 0 Å². The van der Waals surface area contributed by atoms with E-state index >= 15 is 0 Å². The predicted molar refractivity (Wildman–Crippen MR) is 105 cm³/mol. The van der Waals surface area contributed by atoms with E-state index in [0.717, 1.165) is 23.2 Å². The summed E-state index contributed by atoms with van der Waals surface area (Å²) < 4.78 is 7.38. The Bertz CT molecular complexity index is 897. The van der Waals surface area contributed by atoms with Crippen molar-refractivity contribution in [1.29, 1.82) is 0 Å². The summed E-state index contributed by atoms with van der Waals surface area (Å²) in [5, 5.41) is 17.7. The van der Waals surface area contributed by atoms with Gasteiger partial charge in [0.25, 0.3) is 0 Å². The smallest absolute Gasteiger partial charge is 0.247 e. The van der Waals surface area contributed by atoms with Crippen molar-refractivity contribution in [1.82, 2.24) is 30.2 Å². The fraction of sp³-hybridized carbons (Fsp3) is 0.421. The van der Waals surface area contributed by atoms with Crippen molar-refractivity contribution >= 4 is 17.2 Å². The van der Waals surface area contributed by atoms with Crippen molar-refractivity contribution in [2.45, 2.75) is 38.5 Å². The van der Waals surface area contributed by atoms with Crippen LogP contribution < -0.4 is 10.6 Å². The number of aromatic amines is 1.